The first-order chi connectivity index (χ1) is 8.83. The molecule has 0 amide bonds. The van der Waals surface area contributed by atoms with E-state index in [-0.39, 0.29) is 0 Å². The van der Waals surface area contributed by atoms with Crippen molar-refractivity contribution in [1.82, 2.24) is 0 Å². The van der Waals surface area contributed by atoms with Gasteiger partial charge in [-0.2, -0.15) is 0 Å². The van der Waals surface area contributed by atoms with Gasteiger partial charge in [-0.05, 0) is 29.3 Å². The van der Waals surface area contributed by atoms with Crippen molar-refractivity contribution < 1.29 is 9.53 Å². The molecule has 2 aromatic rings. The van der Waals surface area contributed by atoms with Gasteiger partial charge in [-0.1, -0.05) is 43.0 Å². The summed E-state index contributed by atoms with van der Waals surface area (Å²) in [6.45, 7) is 4.17. The quantitative estimate of drug-likeness (QED) is 0.742. The summed E-state index contributed by atoms with van der Waals surface area (Å²) in [6.07, 6.45) is 2.60. The van der Waals surface area contributed by atoms with Crippen LogP contribution in [0.5, 0.6) is 5.75 Å². The fourth-order valence-electron chi connectivity index (χ4n) is 1.68. The Morgan fingerprint density at radius 2 is 1.94 bits per heavy atom. The van der Waals surface area contributed by atoms with Crippen molar-refractivity contribution in [2.24, 2.45) is 0 Å². The van der Waals surface area contributed by atoms with Crippen LogP contribution in [0, 0.1) is 0 Å². The second-order valence-corrected chi connectivity index (χ2v) is 3.89. The number of carbonyl (C=O) groups is 1. The van der Waals surface area contributed by atoms with E-state index in [2.05, 4.69) is 6.58 Å². The van der Waals surface area contributed by atoms with Gasteiger partial charge in [0.15, 0.2) is 6.29 Å². The highest BCUT2D eigenvalue weighted by Crippen LogP contribution is 2.17. The summed E-state index contributed by atoms with van der Waals surface area (Å²) < 4.78 is 5.65. The lowest BCUT2D eigenvalue weighted by Crippen LogP contribution is -1.98. The molecule has 0 bridgehead atoms. The van der Waals surface area contributed by atoms with Crippen LogP contribution >= 0.6 is 0 Å². The average molecular weight is 238 g/mol. The second-order valence-electron chi connectivity index (χ2n) is 3.89. The summed E-state index contributed by atoms with van der Waals surface area (Å²) in [6, 6.07) is 15.1. The van der Waals surface area contributed by atoms with E-state index in [1.165, 1.54) is 0 Å². The molecular weight excluding hydrogens is 224 g/mol. The summed E-state index contributed by atoms with van der Waals surface area (Å²) in [4.78, 5) is 10.8. The highest BCUT2D eigenvalue weighted by molar-refractivity contribution is 5.79. The summed E-state index contributed by atoms with van der Waals surface area (Å²) in [7, 11) is 0. The van der Waals surface area contributed by atoms with Crippen LogP contribution < -0.4 is 4.74 Å². The van der Waals surface area contributed by atoms with Crippen LogP contribution in [0.15, 0.2) is 55.1 Å². The molecule has 0 aromatic heterocycles. The van der Waals surface area contributed by atoms with Crippen LogP contribution in [0.4, 0.5) is 0 Å². The highest BCUT2D eigenvalue weighted by atomic mass is 16.5. The van der Waals surface area contributed by atoms with Gasteiger partial charge in [0.1, 0.15) is 12.4 Å². The SMILES string of the molecule is C=Cc1cccc(COc2ccccc2C=O)c1. The molecule has 2 nitrogen and oxygen atoms in total. The van der Waals surface area contributed by atoms with Gasteiger partial charge < -0.3 is 4.74 Å². The fraction of sp³-hybridized carbons (Fsp3) is 0.0625. The van der Waals surface area contributed by atoms with E-state index in [1.54, 1.807) is 18.2 Å². The molecule has 0 fully saturated rings. The fourth-order valence-corrected chi connectivity index (χ4v) is 1.68. The summed E-state index contributed by atoms with van der Waals surface area (Å²) in [5, 5.41) is 0. The van der Waals surface area contributed by atoms with Crippen LogP contribution in [0.3, 0.4) is 0 Å². The van der Waals surface area contributed by atoms with E-state index in [1.807, 2.05) is 36.4 Å². The minimum Gasteiger partial charge on any atom is -0.488 e. The number of ether oxygens (including phenoxy) is 1. The maximum absolute atomic E-state index is 10.8. The van der Waals surface area contributed by atoms with Crippen molar-refractivity contribution in [3.63, 3.8) is 0 Å². The first kappa shape index (κ1) is 12.1. The van der Waals surface area contributed by atoms with Crippen molar-refractivity contribution in [1.29, 1.82) is 0 Å². The molecule has 0 radical (unpaired) electrons. The van der Waals surface area contributed by atoms with Crippen LogP contribution in [-0.2, 0) is 6.61 Å². The molecule has 0 atom stereocenters. The number of aldehydes is 1. The molecule has 0 saturated carbocycles. The van der Waals surface area contributed by atoms with Gasteiger partial charge >= 0.3 is 0 Å². The molecule has 0 heterocycles. The predicted octanol–water partition coefficient (Wildman–Crippen LogP) is 3.72. The van der Waals surface area contributed by atoms with E-state index in [9.17, 15) is 4.79 Å². The Hall–Kier alpha value is -2.35. The van der Waals surface area contributed by atoms with Crippen molar-refractivity contribution in [2.75, 3.05) is 0 Å². The van der Waals surface area contributed by atoms with Crippen LogP contribution in [0.2, 0.25) is 0 Å². The number of benzene rings is 2. The molecule has 0 spiro atoms. The smallest absolute Gasteiger partial charge is 0.153 e. The van der Waals surface area contributed by atoms with E-state index in [4.69, 9.17) is 4.74 Å². The third kappa shape index (κ3) is 2.86. The van der Waals surface area contributed by atoms with Crippen molar-refractivity contribution in [2.45, 2.75) is 6.61 Å². The largest absolute Gasteiger partial charge is 0.488 e. The van der Waals surface area contributed by atoms with Gasteiger partial charge in [0, 0.05) is 0 Å². The van der Waals surface area contributed by atoms with E-state index >= 15 is 0 Å². The van der Waals surface area contributed by atoms with Crippen LogP contribution in [-0.4, -0.2) is 6.29 Å². The molecular formula is C16H14O2. The summed E-state index contributed by atoms with van der Waals surface area (Å²) >= 11 is 0. The number of carbonyl (C=O) groups excluding carboxylic acids is 1. The Morgan fingerprint density at radius 3 is 2.72 bits per heavy atom. The van der Waals surface area contributed by atoms with E-state index in [0.29, 0.717) is 17.9 Å². The Morgan fingerprint density at radius 1 is 1.11 bits per heavy atom. The normalized spacial score (nSPS) is 9.78. The van der Waals surface area contributed by atoms with E-state index in [0.717, 1.165) is 17.4 Å². The summed E-state index contributed by atoms with van der Waals surface area (Å²) in [5.41, 5.74) is 2.67. The van der Waals surface area contributed by atoms with Crippen molar-refractivity contribution >= 4 is 12.4 Å². The van der Waals surface area contributed by atoms with Gasteiger partial charge in [0.2, 0.25) is 0 Å². The molecule has 2 rings (SSSR count). The lowest BCUT2D eigenvalue weighted by Gasteiger charge is -2.08. The van der Waals surface area contributed by atoms with Crippen molar-refractivity contribution in [3.05, 3.63) is 71.8 Å². The number of para-hydroxylation sites is 1. The lowest BCUT2D eigenvalue weighted by molar-refractivity contribution is 0.111. The number of hydrogen-bond acceptors (Lipinski definition) is 2. The molecule has 18 heavy (non-hydrogen) atoms. The molecule has 2 heteroatoms. The molecule has 2 aromatic carbocycles. The molecule has 0 N–H and O–H groups in total. The predicted molar refractivity (Wildman–Crippen MR) is 72.7 cm³/mol. The van der Waals surface area contributed by atoms with Gasteiger partial charge in [-0.25, -0.2) is 0 Å². The van der Waals surface area contributed by atoms with Gasteiger partial charge in [-0.15, -0.1) is 0 Å². The maximum Gasteiger partial charge on any atom is 0.153 e. The standard InChI is InChI=1S/C16H14O2/c1-2-13-6-5-7-14(10-13)12-18-16-9-4-3-8-15(16)11-17/h2-11H,1,12H2. The Bertz CT molecular complexity index is 559. The zero-order chi connectivity index (χ0) is 12.8. The number of rotatable bonds is 5. The average Bonchev–Trinajstić information content (AvgIpc) is 2.45. The molecule has 90 valence electrons. The zero-order valence-electron chi connectivity index (χ0n) is 10.0. The molecule has 0 aliphatic rings. The van der Waals surface area contributed by atoms with E-state index < -0.39 is 0 Å². The first-order valence-electron chi connectivity index (χ1n) is 5.72. The minimum atomic E-state index is 0.437. The van der Waals surface area contributed by atoms with Crippen molar-refractivity contribution in [3.8, 4) is 5.75 Å². The number of hydrogen-bond donors (Lipinski definition) is 0. The Kier molecular flexibility index (Phi) is 3.92. The highest BCUT2D eigenvalue weighted by Gasteiger charge is 2.02. The minimum absolute atomic E-state index is 0.437. The Labute approximate surface area is 107 Å². The molecule has 0 aliphatic carbocycles. The first-order valence-corrected chi connectivity index (χ1v) is 5.72. The zero-order valence-corrected chi connectivity index (χ0v) is 10.0. The van der Waals surface area contributed by atoms with Crippen LogP contribution in [0.25, 0.3) is 6.08 Å². The van der Waals surface area contributed by atoms with Gasteiger partial charge in [0.05, 0.1) is 5.56 Å². The maximum atomic E-state index is 10.8. The lowest BCUT2D eigenvalue weighted by atomic mass is 10.1. The molecule has 0 aliphatic heterocycles. The third-order valence-corrected chi connectivity index (χ3v) is 2.63. The molecule has 0 saturated heterocycles. The Balaban J connectivity index is 2.11. The van der Waals surface area contributed by atoms with Gasteiger partial charge in [0.25, 0.3) is 0 Å². The molecule has 0 unspecified atom stereocenters. The third-order valence-electron chi connectivity index (χ3n) is 2.63. The summed E-state index contributed by atoms with van der Waals surface area (Å²) in [5.74, 6) is 0.608. The second kappa shape index (κ2) is 5.82. The monoisotopic (exact) mass is 238 g/mol. The topological polar surface area (TPSA) is 26.3 Å². The van der Waals surface area contributed by atoms with Gasteiger partial charge in [-0.3, -0.25) is 4.79 Å². The van der Waals surface area contributed by atoms with Crippen LogP contribution in [0.1, 0.15) is 21.5 Å².